The summed E-state index contributed by atoms with van der Waals surface area (Å²) in [6, 6.07) is 6.69. The lowest BCUT2D eigenvalue weighted by Crippen LogP contribution is -2.56. The molecule has 1 aromatic carbocycles. The van der Waals surface area contributed by atoms with Crippen LogP contribution in [0.15, 0.2) is 24.3 Å². The van der Waals surface area contributed by atoms with E-state index in [1.54, 1.807) is 12.1 Å². The second-order valence-electron chi connectivity index (χ2n) is 6.88. The maximum absolute atomic E-state index is 13.3. The van der Waals surface area contributed by atoms with Crippen LogP contribution in [-0.4, -0.2) is 36.0 Å². The SMILES string of the molecule is CCC(CC)(CN)NC(=O)C1CCCN(Cc2cccc(F)c2)C1. The number of nitrogens with zero attached hydrogens (tertiary/aromatic N) is 1. The van der Waals surface area contributed by atoms with Gasteiger partial charge in [0.1, 0.15) is 5.82 Å². The fraction of sp³-hybridized carbons (Fsp3) is 0.632. The molecule has 0 radical (unpaired) electrons. The molecule has 0 aliphatic carbocycles. The first-order valence-electron chi connectivity index (χ1n) is 9.01. The summed E-state index contributed by atoms with van der Waals surface area (Å²) >= 11 is 0. The highest BCUT2D eigenvalue weighted by Crippen LogP contribution is 2.21. The van der Waals surface area contributed by atoms with E-state index in [-0.39, 0.29) is 23.2 Å². The predicted molar refractivity (Wildman–Crippen MR) is 94.9 cm³/mol. The van der Waals surface area contributed by atoms with E-state index in [9.17, 15) is 9.18 Å². The number of hydrogen-bond donors (Lipinski definition) is 2. The van der Waals surface area contributed by atoms with Crippen molar-refractivity contribution < 1.29 is 9.18 Å². The molecule has 1 saturated heterocycles. The van der Waals surface area contributed by atoms with Crippen molar-refractivity contribution >= 4 is 5.91 Å². The van der Waals surface area contributed by atoms with Crippen molar-refractivity contribution in [1.82, 2.24) is 10.2 Å². The van der Waals surface area contributed by atoms with Crippen molar-refractivity contribution in [2.75, 3.05) is 19.6 Å². The maximum atomic E-state index is 13.3. The van der Waals surface area contributed by atoms with E-state index in [2.05, 4.69) is 24.1 Å². The summed E-state index contributed by atoms with van der Waals surface area (Å²) in [5.74, 6) is -0.123. The van der Waals surface area contributed by atoms with Gasteiger partial charge in [0, 0.05) is 19.6 Å². The highest BCUT2D eigenvalue weighted by atomic mass is 19.1. The van der Waals surface area contributed by atoms with Crippen LogP contribution in [0.1, 0.15) is 45.1 Å². The Kier molecular flexibility index (Phi) is 6.75. The van der Waals surface area contributed by atoms with Gasteiger partial charge in [-0.2, -0.15) is 0 Å². The zero-order valence-corrected chi connectivity index (χ0v) is 14.9. The first-order valence-corrected chi connectivity index (χ1v) is 9.01. The van der Waals surface area contributed by atoms with Gasteiger partial charge in [-0.1, -0.05) is 26.0 Å². The van der Waals surface area contributed by atoms with Crippen LogP contribution in [0, 0.1) is 11.7 Å². The molecule has 0 saturated carbocycles. The molecule has 1 fully saturated rings. The van der Waals surface area contributed by atoms with Crippen LogP contribution >= 0.6 is 0 Å². The number of rotatable bonds is 7. The molecule has 1 amide bonds. The van der Waals surface area contributed by atoms with Crippen molar-refractivity contribution in [1.29, 1.82) is 0 Å². The Hall–Kier alpha value is -1.46. The highest BCUT2D eigenvalue weighted by Gasteiger charge is 2.32. The lowest BCUT2D eigenvalue weighted by molar-refractivity contribution is -0.128. The van der Waals surface area contributed by atoms with Crippen LogP contribution in [0.2, 0.25) is 0 Å². The molecule has 24 heavy (non-hydrogen) atoms. The number of benzene rings is 1. The number of nitrogens with two attached hydrogens (primary N) is 1. The van der Waals surface area contributed by atoms with Gasteiger partial charge in [0.25, 0.3) is 0 Å². The molecule has 1 unspecified atom stereocenters. The molecular formula is C19H30FN3O. The second-order valence-corrected chi connectivity index (χ2v) is 6.88. The molecule has 1 aliphatic heterocycles. The lowest BCUT2D eigenvalue weighted by Gasteiger charge is -2.36. The van der Waals surface area contributed by atoms with Crippen LogP contribution in [-0.2, 0) is 11.3 Å². The maximum Gasteiger partial charge on any atom is 0.224 e. The number of piperidine rings is 1. The summed E-state index contributed by atoms with van der Waals surface area (Å²) in [5.41, 5.74) is 6.55. The zero-order valence-electron chi connectivity index (χ0n) is 14.9. The van der Waals surface area contributed by atoms with E-state index < -0.39 is 0 Å². The van der Waals surface area contributed by atoms with Crippen molar-refractivity contribution in [3.05, 3.63) is 35.6 Å². The first-order chi connectivity index (χ1) is 11.5. The van der Waals surface area contributed by atoms with E-state index in [0.717, 1.165) is 44.3 Å². The summed E-state index contributed by atoms with van der Waals surface area (Å²) in [7, 11) is 0. The first kappa shape index (κ1) is 18.9. The molecule has 134 valence electrons. The Morgan fingerprint density at radius 1 is 1.42 bits per heavy atom. The normalized spacial score (nSPS) is 19.2. The van der Waals surface area contributed by atoms with Crippen LogP contribution in [0.3, 0.4) is 0 Å². The zero-order chi connectivity index (χ0) is 17.6. The Bertz CT molecular complexity index is 537. The Morgan fingerprint density at radius 2 is 2.17 bits per heavy atom. The average Bonchev–Trinajstić information content (AvgIpc) is 2.60. The number of amides is 1. The van der Waals surface area contributed by atoms with E-state index in [1.807, 2.05) is 6.07 Å². The third-order valence-electron chi connectivity index (χ3n) is 5.30. The van der Waals surface area contributed by atoms with Crippen LogP contribution < -0.4 is 11.1 Å². The van der Waals surface area contributed by atoms with Crippen molar-refractivity contribution in [2.45, 2.75) is 51.6 Å². The Balaban J connectivity index is 1.96. The quantitative estimate of drug-likeness (QED) is 0.805. The standard InChI is InChI=1S/C19H30FN3O/c1-3-19(4-2,14-21)22-18(24)16-8-6-10-23(13-16)12-15-7-5-9-17(20)11-15/h5,7,9,11,16H,3-4,6,8,10,12-14,21H2,1-2H3,(H,22,24). The minimum atomic E-state index is -0.290. The van der Waals surface area contributed by atoms with Gasteiger partial charge in [0.15, 0.2) is 0 Å². The number of nitrogens with one attached hydrogen (secondary N) is 1. The molecule has 1 aromatic rings. The summed E-state index contributed by atoms with van der Waals surface area (Å²) in [6.07, 6.45) is 3.57. The number of halogens is 1. The number of hydrogen-bond acceptors (Lipinski definition) is 3. The molecule has 3 N–H and O–H groups in total. The minimum Gasteiger partial charge on any atom is -0.349 e. The number of likely N-dealkylation sites (tertiary alicyclic amines) is 1. The van der Waals surface area contributed by atoms with Gasteiger partial charge in [-0.25, -0.2) is 4.39 Å². The molecule has 1 heterocycles. The van der Waals surface area contributed by atoms with Gasteiger partial charge < -0.3 is 11.1 Å². The molecule has 5 heteroatoms. The van der Waals surface area contributed by atoms with Crippen LogP contribution in [0.5, 0.6) is 0 Å². The molecule has 0 bridgehead atoms. The molecule has 4 nitrogen and oxygen atoms in total. The fourth-order valence-electron chi connectivity index (χ4n) is 3.44. The van der Waals surface area contributed by atoms with Crippen LogP contribution in [0.25, 0.3) is 0 Å². The second kappa shape index (κ2) is 8.58. The van der Waals surface area contributed by atoms with Gasteiger partial charge >= 0.3 is 0 Å². The summed E-state index contributed by atoms with van der Waals surface area (Å²) in [4.78, 5) is 14.9. The van der Waals surface area contributed by atoms with Gasteiger partial charge in [-0.3, -0.25) is 9.69 Å². The Morgan fingerprint density at radius 3 is 2.79 bits per heavy atom. The molecule has 2 rings (SSSR count). The summed E-state index contributed by atoms with van der Waals surface area (Å²) in [6.45, 7) is 6.94. The number of carbonyl (C=O) groups excluding carboxylic acids is 1. The van der Waals surface area contributed by atoms with E-state index in [4.69, 9.17) is 5.73 Å². The third kappa shape index (κ3) is 4.77. The van der Waals surface area contributed by atoms with Gasteiger partial charge in [-0.15, -0.1) is 0 Å². The average molecular weight is 335 g/mol. The summed E-state index contributed by atoms with van der Waals surface area (Å²) in [5, 5.41) is 3.19. The monoisotopic (exact) mass is 335 g/mol. The van der Waals surface area contributed by atoms with Gasteiger partial charge in [0.05, 0.1) is 11.5 Å². The topological polar surface area (TPSA) is 58.4 Å². The van der Waals surface area contributed by atoms with Gasteiger partial charge in [-0.05, 0) is 49.9 Å². The van der Waals surface area contributed by atoms with E-state index in [0.29, 0.717) is 13.1 Å². The molecular weight excluding hydrogens is 305 g/mol. The van der Waals surface area contributed by atoms with E-state index in [1.165, 1.54) is 6.07 Å². The van der Waals surface area contributed by atoms with Gasteiger partial charge in [0.2, 0.25) is 5.91 Å². The van der Waals surface area contributed by atoms with Crippen molar-refractivity contribution in [3.63, 3.8) is 0 Å². The molecule has 0 aromatic heterocycles. The lowest BCUT2D eigenvalue weighted by atomic mass is 9.90. The van der Waals surface area contributed by atoms with Crippen LogP contribution in [0.4, 0.5) is 4.39 Å². The fourth-order valence-corrected chi connectivity index (χ4v) is 3.44. The molecule has 0 spiro atoms. The molecule has 1 atom stereocenters. The third-order valence-corrected chi connectivity index (χ3v) is 5.30. The predicted octanol–water partition coefficient (Wildman–Crippen LogP) is 2.67. The molecule has 1 aliphatic rings. The smallest absolute Gasteiger partial charge is 0.224 e. The van der Waals surface area contributed by atoms with Crippen molar-refractivity contribution in [3.8, 4) is 0 Å². The van der Waals surface area contributed by atoms with Crippen molar-refractivity contribution in [2.24, 2.45) is 11.7 Å². The Labute approximate surface area is 144 Å². The van der Waals surface area contributed by atoms with E-state index >= 15 is 0 Å². The largest absolute Gasteiger partial charge is 0.349 e. The number of carbonyl (C=O) groups is 1. The highest BCUT2D eigenvalue weighted by molar-refractivity contribution is 5.79. The minimum absolute atomic E-state index is 0.0173. The summed E-state index contributed by atoms with van der Waals surface area (Å²) < 4.78 is 13.3.